The molecule has 1 aromatic rings. The van der Waals surface area contributed by atoms with Gasteiger partial charge >= 0.3 is 0 Å². The maximum absolute atomic E-state index is 12.0. The lowest BCUT2D eigenvalue weighted by Crippen LogP contribution is -2.32. The first kappa shape index (κ1) is 16.0. The third kappa shape index (κ3) is 5.64. The Morgan fingerprint density at radius 1 is 1.32 bits per heavy atom. The lowest BCUT2D eigenvalue weighted by molar-refractivity contribution is 0.0938. The SMILES string of the molecule is CC(C)CCCC(C)NC(=O)c1ccc(Br)c(N)c1. The number of anilines is 1. The van der Waals surface area contributed by atoms with Crippen molar-refractivity contribution < 1.29 is 4.79 Å². The van der Waals surface area contributed by atoms with Gasteiger partial charge < -0.3 is 11.1 Å². The Bertz CT molecular complexity index is 432. The minimum absolute atomic E-state index is 0.0590. The van der Waals surface area contributed by atoms with Crippen molar-refractivity contribution in [1.82, 2.24) is 5.32 Å². The van der Waals surface area contributed by atoms with E-state index in [4.69, 9.17) is 5.73 Å². The topological polar surface area (TPSA) is 55.1 Å². The normalized spacial score (nSPS) is 12.5. The average molecular weight is 327 g/mol. The number of amides is 1. The van der Waals surface area contributed by atoms with Gasteiger partial charge in [0.25, 0.3) is 5.91 Å². The van der Waals surface area contributed by atoms with Crippen LogP contribution in [0.25, 0.3) is 0 Å². The van der Waals surface area contributed by atoms with Crippen LogP contribution in [0.1, 0.15) is 50.4 Å². The molecule has 0 aliphatic heterocycles. The van der Waals surface area contributed by atoms with Crippen LogP contribution in [0.2, 0.25) is 0 Å². The molecule has 0 aliphatic carbocycles. The van der Waals surface area contributed by atoms with Gasteiger partial charge in [0.1, 0.15) is 0 Å². The van der Waals surface area contributed by atoms with E-state index in [1.165, 1.54) is 6.42 Å². The van der Waals surface area contributed by atoms with E-state index in [-0.39, 0.29) is 11.9 Å². The van der Waals surface area contributed by atoms with Gasteiger partial charge in [-0.1, -0.05) is 26.7 Å². The number of halogens is 1. The van der Waals surface area contributed by atoms with Crippen LogP contribution in [0.3, 0.4) is 0 Å². The number of nitrogen functional groups attached to an aromatic ring is 1. The summed E-state index contributed by atoms with van der Waals surface area (Å²) in [6, 6.07) is 5.46. The number of rotatable bonds is 6. The Morgan fingerprint density at radius 3 is 2.58 bits per heavy atom. The fraction of sp³-hybridized carbons (Fsp3) is 0.533. The number of nitrogens with two attached hydrogens (primary N) is 1. The molecule has 3 N–H and O–H groups in total. The van der Waals surface area contributed by atoms with Crippen molar-refractivity contribution >= 4 is 27.5 Å². The highest BCUT2D eigenvalue weighted by Crippen LogP contribution is 2.20. The summed E-state index contributed by atoms with van der Waals surface area (Å²) >= 11 is 3.32. The molecule has 0 heterocycles. The predicted octanol–water partition coefficient (Wildman–Crippen LogP) is 3.98. The zero-order chi connectivity index (χ0) is 14.4. The lowest BCUT2D eigenvalue weighted by atomic mass is 10.0. The second-order valence-corrected chi connectivity index (χ2v) is 6.29. The quantitative estimate of drug-likeness (QED) is 0.777. The van der Waals surface area contributed by atoms with Crippen LogP contribution < -0.4 is 11.1 Å². The fourth-order valence-electron chi connectivity index (χ4n) is 1.90. The van der Waals surface area contributed by atoms with E-state index in [0.29, 0.717) is 17.2 Å². The van der Waals surface area contributed by atoms with Gasteiger partial charge in [0.05, 0.1) is 0 Å². The van der Waals surface area contributed by atoms with Crippen LogP contribution in [0.4, 0.5) is 5.69 Å². The summed E-state index contributed by atoms with van der Waals surface area (Å²) in [4.78, 5) is 12.0. The molecule has 3 nitrogen and oxygen atoms in total. The summed E-state index contributed by atoms with van der Waals surface area (Å²) in [5.74, 6) is 0.658. The van der Waals surface area contributed by atoms with Gasteiger partial charge in [0.2, 0.25) is 0 Å². The molecule has 1 amide bonds. The van der Waals surface area contributed by atoms with Gasteiger partial charge in [0.15, 0.2) is 0 Å². The molecule has 4 heteroatoms. The molecule has 0 fully saturated rings. The highest BCUT2D eigenvalue weighted by Gasteiger charge is 2.11. The molecule has 0 spiro atoms. The molecule has 1 rings (SSSR count). The predicted molar refractivity (Wildman–Crippen MR) is 84.2 cm³/mol. The molecular formula is C15H23BrN2O. The Labute approximate surface area is 124 Å². The molecule has 0 aliphatic rings. The molecule has 0 saturated carbocycles. The first-order valence-electron chi connectivity index (χ1n) is 6.76. The van der Waals surface area contributed by atoms with Crippen molar-refractivity contribution in [3.05, 3.63) is 28.2 Å². The molecular weight excluding hydrogens is 304 g/mol. The summed E-state index contributed by atoms with van der Waals surface area (Å²) in [6.07, 6.45) is 3.35. The van der Waals surface area contributed by atoms with Gasteiger partial charge in [-0.15, -0.1) is 0 Å². The third-order valence-electron chi connectivity index (χ3n) is 3.05. The largest absolute Gasteiger partial charge is 0.398 e. The van der Waals surface area contributed by atoms with Crippen molar-refractivity contribution in [2.45, 2.75) is 46.1 Å². The Hall–Kier alpha value is -1.03. The maximum Gasteiger partial charge on any atom is 0.251 e. The molecule has 0 radical (unpaired) electrons. The van der Waals surface area contributed by atoms with Crippen LogP contribution in [0, 0.1) is 5.92 Å². The van der Waals surface area contributed by atoms with Gasteiger partial charge in [-0.25, -0.2) is 0 Å². The Balaban J connectivity index is 2.47. The van der Waals surface area contributed by atoms with E-state index < -0.39 is 0 Å². The second kappa shape index (κ2) is 7.53. The van der Waals surface area contributed by atoms with Crippen LogP contribution in [-0.4, -0.2) is 11.9 Å². The van der Waals surface area contributed by atoms with Gasteiger partial charge in [0, 0.05) is 21.8 Å². The average Bonchev–Trinajstić information content (AvgIpc) is 2.32. The number of nitrogens with one attached hydrogen (secondary N) is 1. The van der Waals surface area contributed by atoms with Crippen molar-refractivity contribution in [3.8, 4) is 0 Å². The highest BCUT2D eigenvalue weighted by molar-refractivity contribution is 9.10. The number of hydrogen-bond acceptors (Lipinski definition) is 2. The molecule has 19 heavy (non-hydrogen) atoms. The standard InChI is InChI=1S/C15H23BrN2O/c1-10(2)5-4-6-11(3)18-15(19)12-7-8-13(16)14(17)9-12/h7-11H,4-6,17H2,1-3H3,(H,18,19). The van der Waals surface area contributed by atoms with Crippen molar-refractivity contribution in [2.75, 3.05) is 5.73 Å². The highest BCUT2D eigenvalue weighted by atomic mass is 79.9. The summed E-state index contributed by atoms with van der Waals surface area (Å²) in [5.41, 5.74) is 6.97. The smallest absolute Gasteiger partial charge is 0.251 e. The molecule has 0 saturated heterocycles. The lowest BCUT2D eigenvalue weighted by Gasteiger charge is -2.15. The first-order valence-corrected chi connectivity index (χ1v) is 7.55. The van der Waals surface area contributed by atoms with Crippen LogP contribution in [0.5, 0.6) is 0 Å². The zero-order valence-corrected chi connectivity index (χ0v) is 13.5. The van der Waals surface area contributed by atoms with E-state index in [1.54, 1.807) is 18.2 Å². The van der Waals surface area contributed by atoms with Gasteiger partial charge in [-0.05, 0) is 53.4 Å². The second-order valence-electron chi connectivity index (χ2n) is 5.44. The Kier molecular flexibility index (Phi) is 6.35. The molecule has 1 unspecified atom stereocenters. The maximum atomic E-state index is 12.0. The van der Waals surface area contributed by atoms with Crippen LogP contribution >= 0.6 is 15.9 Å². The number of carbonyl (C=O) groups is 1. The van der Waals surface area contributed by atoms with Crippen molar-refractivity contribution in [1.29, 1.82) is 0 Å². The number of benzene rings is 1. The summed E-state index contributed by atoms with van der Waals surface area (Å²) in [6.45, 7) is 6.47. The van der Waals surface area contributed by atoms with E-state index in [1.807, 2.05) is 6.92 Å². The number of carbonyl (C=O) groups excluding carboxylic acids is 1. The summed E-state index contributed by atoms with van der Waals surface area (Å²) in [5, 5.41) is 3.01. The Morgan fingerprint density at radius 2 is 2.00 bits per heavy atom. The van der Waals surface area contributed by atoms with E-state index in [0.717, 1.165) is 17.3 Å². The zero-order valence-electron chi connectivity index (χ0n) is 11.9. The molecule has 0 bridgehead atoms. The number of hydrogen-bond donors (Lipinski definition) is 2. The molecule has 1 atom stereocenters. The van der Waals surface area contributed by atoms with Crippen molar-refractivity contribution in [2.24, 2.45) is 5.92 Å². The summed E-state index contributed by atoms with van der Waals surface area (Å²) in [7, 11) is 0. The van der Waals surface area contributed by atoms with Gasteiger partial charge in [-0.2, -0.15) is 0 Å². The van der Waals surface area contributed by atoms with Crippen LogP contribution in [0.15, 0.2) is 22.7 Å². The molecule has 106 valence electrons. The van der Waals surface area contributed by atoms with E-state index >= 15 is 0 Å². The van der Waals surface area contributed by atoms with Crippen LogP contribution in [-0.2, 0) is 0 Å². The minimum Gasteiger partial charge on any atom is -0.398 e. The van der Waals surface area contributed by atoms with Crippen molar-refractivity contribution in [3.63, 3.8) is 0 Å². The third-order valence-corrected chi connectivity index (χ3v) is 3.78. The van der Waals surface area contributed by atoms with E-state index in [2.05, 4.69) is 35.1 Å². The fourth-order valence-corrected chi connectivity index (χ4v) is 2.14. The molecule has 0 aromatic heterocycles. The molecule has 1 aromatic carbocycles. The van der Waals surface area contributed by atoms with E-state index in [9.17, 15) is 4.79 Å². The minimum atomic E-state index is -0.0590. The van der Waals surface area contributed by atoms with Gasteiger partial charge in [-0.3, -0.25) is 4.79 Å². The monoisotopic (exact) mass is 326 g/mol. The summed E-state index contributed by atoms with van der Waals surface area (Å²) < 4.78 is 0.814. The first-order chi connectivity index (χ1) is 8.90.